The van der Waals surface area contributed by atoms with Gasteiger partial charge in [0.15, 0.2) is 0 Å². The zero-order chi connectivity index (χ0) is 17.9. The molecular weight excluding hydrogens is 312 g/mol. The number of carbonyl (C=O) groups is 3. The van der Waals surface area contributed by atoms with E-state index in [0.717, 1.165) is 25.7 Å². The molecule has 0 aromatic heterocycles. The number of nitrogens with zero attached hydrogens (tertiary/aromatic N) is 1. The maximum Gasteiger partial charge on any atom is 0.326 e. The van der Waals surface area contributed by atoms with Gasteiger partial charge in [-0.15, -0.1) is 0 Å². The molecule has 0 unspecified atom stereocenters. The van der Waals surface area contributed by atoms with Crippen LogP contribution in [0.4, 0.5) is 0 Å². The van der Waals surface area contributed by atoms with Crippen LogP contribution in [0, 0.1) is 5.92 Å². The molecule has 0 aromatic carbocycles. The van der Waals surface area contributed by atoms with Crippen LogP contribution in [0.15, 0.2) is 0 Å². The Morgan fingerprint density at radius 2 is 1.88 bits per heavy atom. The number of carboxylic acid groups (broad SMARTS) is 2. The molecule has 1 saturated carbocycles. The second-order valence-corrected chi connectivity index (χ2v) is 7.01. The van der Waals surface area contributed by atoms with Gasteiger partial charge in [-0.2, -0.15) is 0 Å². The number of aliphatic carboxylic acids is 2. The Balaban J connectivity index is 2.12. The lowest BCUT2D eigenvalue weighted by Gasteiger charge is -2.35. The van der Waals surface area contributed by atoms with Crippen molar-refractivity contribution in [3.8, 4) is 0 Å². The predicted octanol–water partition coefficient (Wildman–Crippen LogP) is 1.46. The van der Waals surface area contributed by atoms with Gasteiger partial charge in [0, 0.05) is 6.04 Å². The highest BCUT2D eigenvalue weighted by Crippen LogP contribution is 2.40. The number of carboxylic acids is 2. The van der Waals surface area contributed by atoms with Gasteiger partial charge in [-0.1, -0.05) is 26.2 Å². The lowest BCUT2D eigenvalue weighted by atomic mass is 9.84. The van der Waals surface area contributed by atoms with Crippen LogP contribution in [-0.4, -0.2) is 57.1 Å². The topological polar surface area (TPSA) is 107 Å². The first-order chi connectivity index (χ1) is 11.4. The summed E-state index contributed by atoms with van der Waals surface area (Å²) in [4.78, 5) is 37.3. The van der Waals surface area contributed by atoms with E-state index in [0.29, 0.717) is 19.3 Å². The van der Waals surface area contributed by atoms with Gasteiger partial charge in [0.05, 0.1) is 6.04 Å². The Kier molecular flexibility index (Phi) is 6.21. The monoisotopic (exact) mass is 340 g/mol. The maximum absolute atomic E-state index is 12.9. The van der Waals surface area contributed by atoms with Crippen LogP contribution in [0.5, 0.6) is 0 Å². The van der Waals surface area contributed by atoms with Gasteiger partial charge < -0.3 is 15.1 Å². The van der Waals surface area contributed by atoms with Crippen molar-refractivity contribution in [2.45, 2.75) is 83.0 Å². The average molecular weight is 340 g/mol. The Labute approximate surface area is 142 Å². The normalized spacial score (nSPS) is 28.9. The van der Waals surface area contributed by atoms with E-state index in [2.05, 4.69) is 5.32 Å². The summed E-state index contributed by atoms with van der Waals surface area (Å²) in [5.74, 6) is -1.99. The third-order valence-corrected chi connectivity index (χ3v) is 5.32. The number of likely N-dealkylation sites (tertiary alicyclic amines) is 1. The van der Waals surface area contributed by atoms with E-state index in [1.165, 1.54) is 4.90 Å². The number of carbonyl (C=O) groups excluding carboxylic acids is 1. The van der Waals surface area contributed by atoms with E-state index < -0.39 is 30.1 Å². The van der Waals surface area contributed by atoms with E-state index in [4.69, 9.17) is 0 Å². The molecule has 136 valence electrons. The Morgan fingerprint density at radius 1 is 1.21 bits per heavy atom. The fourth-order valence-corrected chi connectivity index (χ4v) is 4.16. The molecule has 0 spiro atoms. The smallest absolute Gasteiger partial charge is 0.326 e. The van der Waals surface area contributed by atoms with Gasteiger partial charge in [-0.25, -0.2) is 4.79 Å². The molecule has 1 aliphatic carbocycles. The van der Waals surface area contributed by atoms with Crippen LogP contribution in [-0.2, 0) is 14.4 Å². The maximum atomic E-state index is 12.9. The minimum absolute atomic E-state index is 0.0222. The van der Waals surface area contributed by atoms with Gasteiger partial charge in [-0.05, 0) is 38.5 Å². The van der Waals surface area contributed by atoms with Gasteiger partial charge in [-0.3, -0.25) is 14.9 Å². The van der Waals surface area contributed by atoms with E-state index in [1.54, 1.807) is 6.92 Å². The SMILES string of the molecule is CCC[C@H](N[C@H](C)C(=O)N1[C@H](C(=O)O)C[C@@H]2CCCC[C@@H]21)C(=O)O. The van der Waals surface area contributed by atoms with E-state index in [-0.39, 0.29) is 17.9 Å². The predicted molar refractivity (Wildman–Crippen MR) is 87.6 cm³/mol. The molecule has 1 aliphatic heterocycles. The van der Waals surface area contributed by atoms with Crippen molar-refractivity contribution >= 4 is 17.8 Å². The lowest BCUT2D eigenvalue weighted by Crippen LogP contribution is -2.55. The zero-order valence-corrected chi connectivity index (χ0v) is 14.4. The van der Waals surface area contributed by atoms with Crippen LogP contribution in [0.25, 0.3) is 0 Å². The Morgan fingerprint density at radius 3 is 2.46 bits per heavy atom. The average Bonchev–Trinajstić information content (AvgIpc) is 2.93. The number of fused-ring (bicyclic) bond motifs is 1. The molecule has 5 atom stereocenters. The summed E-state index contributed by atoms with van der Waals surface area (Å²) >= 11 is 0. The minimum atomic E-state index is -0.983. The summed E-state index contributed by atoms with van der Waals surface area (Å²) in [6, 6.07) is -2.31. The highest BCUT2D eigenvalue weighted by molar-refractivity contribution is 5.88. The summed E-state index contributed by atoms with van der Waals surface area (Å²) in [6.45, 7) is 3.51. The quantitative estimate of drug-likeness (QED) is 0.648. The molecule has 2 fully saturated rings. The number of rotatable bonds is 7. The standard InChI is InChI=1S/C17H28N2O5/c1-3-6-12(16(21)22)18-10(2)15(20)19-13-8-5-4-7-11(13)9-14(19)17(23)24/h10-14,18H,3-9H2,1-2H3,(H,21,22)(H,23,24)/t10-,11+,12+,13+,14+/m1/s1. The second kappa shape index (κ2) is 7.96. The Hall–Kier alpha value is -1.63. The van der Waals surface area contributed by atoms with Gasteiger partial charge in [0.1, 0.15) is 12.1 Å². The van der Waals surface area contributed by atoms with Crippen molar-refractivity contribution in [3.05, 3.63) is 0 Å². The third kappa shape index (κ3) is 3.88. The molecule has 7 heteroatoms. The van der Waals surface area contributed by atoms with Crippen molar-refractivity contribution in [3.63, 3.8) is 0 Å². The summed E-state index contributed by atoms with van der Waals surface area (Å²) < 4.78 is 0. The minimum Gasteiger partial charge on any atom is -0.480 e. The summed E-state index contributed by atoms with van der Waals surface area (Å²) in [6.07, 6.45) is 5.53. The lowest BCUT2D eigenvalue weighted by molar-refractivity contribution is -0.151. The summed E-state index contributed by atoms with van der Waals surface area (Å²) in [5, 5.41) is 21.6. The van der Waals surface area contributed by atoms with E-state index in [9.17, 15) is 24.6 Å². The molecule has 3 N–H and O–H groups in total. The van der Waals surface area contributed by atoms with Gasteiger partial charge in [0.2, 0.25) is 5.91 Å². The highest BCUT2D eigenvalue weighted by atomic mass is 16.4. The molecule has 0 aromatic rings. The van der Waals surface area contributed by atoms with E-state index >= 15 is 0 Å². The second-order valence-electron chi connectivity index (χ2n) is 7.01. The summed E-state index contributed by atoms with van der Waals surface area (Å²) in [7, 11) is 0. The molecule has 1 amide bonds. The number of hydrogen-bond donors (Lipinski definition) is 3. The molecule has 2 aliphatic rings. The molecule has 0 radical (unpaired) electrons. The number of hydrogen-bond acceptors (Lipinski definition) is 4. The zero-order valence-electron chi connectivity index (χ0n) is 14.4. The molecular formula is C17H28N2O5. The molecule has 1 saturated heterocycles. The molecule has 1 heterocycles. The molecule has 2 rings (SSSR count). The van der Waals surface area contributed by atoms with Crippen molar-refractivity contribution < 1.29 is 24.6 Å². The highest BCUT2D eigenvalue weighted by Gasteiger charge is 2.48. The fraction of sp³-hybridized carbons (Fsp3) is 0.824. The Bertz CT molecular complexity index is 495. The van der Waals surface area contributed by atoms with Crippen LogP contribution in [0.2, 0.25) is 0 Å². The third-order valence-electron chi connectivity index (χ3n) is 5.32. The van der Waals surface area contributed by atoms with Crippen LogP contribution in [0.1, 0.15) is 58.8 Å². The number of nitrogens with one attached hydrogen (secondary N) is 1. The molecule has 24 heavy (non-hydrogen) atoms. The van der Waals surface area contributed by atoms with Crippen LogP contribution >= 0.6 is 0 Å². The van der Waals surface area contributed by atoms with Gasteiger partial charge >= 0.3 is 11.9 Å². The van der Waals surface area contributed by atoms with Crippen LogP contribution in [0.3, 0.4) is 0 Å². The number of amides is 1. The van der Waals surface area contributed by atoms with Crippen LogP contribution < -0.4 is 5.32 Å². The van der Waals surface area contributed by atoms with Gasteiger partial charge in [0.25, 0.3) is 0 Å². The largest absolute Gasteiger partial charge is 0.480 e. The van der Waals surface area contributed by atoms with E-state index in [1.807, 2.05) is 6.92 Å². The first-order valence-electron chi connectivity index (χ1n) is 8.90. The first kappa shape index (κ1) is 18.7. The van der Waals surface area contributed by atoms with Crippen molar-refractivity contribution in [2.24, 2.45) is 5.92 Å². The van der Waals surface area contributed by atoms with Crippen molar-refractivity contribution in [1.29, 1.82) is 0 Å². The fourth-order valence-electron chi connectivity index (χ4n) is 4.16. The first-order valence-corrected chi connectivity index (χ1v) is 8.90. The molecule has 0 bridgehead atoms. The molecule has 7 nitrogen and oxygen atoms in total. The van der Waals surface area contributed by atoms with Crippen molar-refractivity contribution in [1.82, 2.24) is 10.2 Å². The van der Waals surface area contributed by atoms with Crippen molar-refractivity contribution in [2.75, 3.05) is 0 Å². The summed E-state index contributed by atoms with van der Waals surface area (Å²) in [5.41, 5.74) is 0.